The Balaban J connectivity index is 2.20. The first kappa shape index (κ1) is 14.1. The zero-order chi connectivity index (χ0) is 14.7. The molecule has 0 fully saturated rings. The fraction of sp³-hybridized carbons (Fsp3) is 0.235. The second-order valence-corrected chi connectivity index (χ2v) is 5.01. The van der Waals surface area contributed by atoms with Crippen LogP contribution in [0.4, 0.5) is 0 Å². The normalized spacial score (nSPS) is 10.3. The highest BCUT2D eigenvalue weighted by Crippen LogP contribution is 2.22. The molecule has 0 saturated heterocycles. The predicted molar refractivity (Wildman–Crippen MR) is 78.4 cm³/mol. The predicted octanol–water partition coefficient (Wildman–Crippen LogP) is 3.89. The van der Waals surface area contributed by atoms with E-state index >= 15 is 0 Å². The molecule has 0 aromatic heterocycles. The molecule has 0 amide bonds. The number of carboxylic acids is 1. The second kappa shape index (κ2) is 5.78. The Morgan fingerprint density at radius 1 is 1.05 bits per heavy atom. The molecule has 0 aliphatic carbocycles. The van der Waals surface area contributed by atoms with Crippen LogP contribution in [0.5, 0.6) is 5.75 Å². The average Bonchev–Trinajstić information content (AvgIpc) is 2.40. The molecule has 0 atom stereocenters. The highest BCUT2D eigenvalue weighted by atomic mass is 16.5. The fourth-order valence-corrected chi connectivity index (χ4v) is 1.98. The van der Waals surface area contributed by atoms with E-state index in [0.717, 1.165) is 11.1 Å². The van der Waals surface area contributed by atoms with Crippen molar-refractivity contribution in [2.24, 2.45) is 0 Å². The molecule has 20 heavy (non-hydrogen) atoms. The number of carbonyl (C=O) groups is 1. The van der Waals surface area contributed by atoms with Gasteiger partial charge in [-0.1, -0.05) is 24.3 Å². The average molecular weight is 270 g/mol. The van der Waals surface area contributed by atoms with Gasteiger partial charge in [0.25, 0.3) is 0 Å². The lowest BCUT2D eigenvalue weighted by Crippen LogP contribution is -2.04. The summed E-state index contributed by atoms with van der Waals surface area (Å²) in [6.07, 6.45) is 0. The Kier molecular flexibility index (Phi) is 4.08. The van der Waals surface area contributed by atoms with Crippen LogP contribution in [0.3, 0.4) is 0 Å². The van der Waals surface area contributed by atoms with Crippen molar-refractivity contribution in [3.05, 3.63) is 64.2 Å². The lowest BCUT2D eigenvalue weighted by Gasteiger charge is -2.11. The standard InChI is InChI=1S/C17H18O3/c1-11-4-7-15(17(18)19)16(8-11)20-10-14-6-5-12(2)13(3)9-14/h4-9H,10H2,1-3H3,(H,18,19). The largest absolute Gasteiger partial charge is 0.488 e. The number of rotatable bonds is 4. The monoisotopic (exact) mass is 270 g/mol. The first-order valence-corrected chi connectivity index (χ1v) is 6.50. The summed E-state index contributed by atoms with van der Waals surface area (Å²) in [5.74, 6) is -0.559. The first-order chi connectivity index (χ1) is 9.47. The molecule has 0 aliphatic rings. The zero-order valence-corrected chi connectivity index (χ0v) is 11.9. The van der Waals surface area contributed by atoms with Crippen LogP contribution in [-0.4, -0.2) is 11.1 Å². The third-order valence-electron chi connectivity index (χ3n) is 3.33. The van der Waals surface area contributed by atoms with E-state index in [9.17, 15) is 4.79 Å². The summed E-state index contributed by atoms with van der Waals surface area (Å²) in [7, 11) is 0. The van der Waals surface area contributed by atoms with Crippen molar-refractivity contribution in [2.75, 3.05) is 0 Å². The minimum absolute atomic E-state index is 0.194. The Hall–Kier alpha value is -2.29. The van der Waals surface area contributed by atoms with Crippen LogP contribution < -0.4 is 4.74 Å². The number of benzene rings is 2. The molecule has 2 aromatic carbocycles. The van der Waals surface area contributed by atoms with E-state index in [0.29, 0.717) is 12.4 Å². The van der Waals surface area contributed by atoms with Gasteiger partial charge < -0.3 is 9.84 Å². The molecule has 1 N–H and O–H groups in total. The smallest absolute Gasteiger partial charge is 0.339 e. The second-order valence-electron chi connectivity index (χ2n) is 5.01. The maximum Gasteiger partial charge on any atom is 0.339 e. The molecule has 0 saturated carbocycles. The highest BCUT2D eigenvalue weighted by molar-refractivity contribution is 5.90. The van der Waals surface area contributed by atoms with Gasteiger partial charge >= 0.3 is 5.97 Å². The van der Waals surface area contributed by atoms with Crippen LogP contribution >= 0.6 is 0 Å². The van der Waals surface area contributed by atoms with Crippen LogP contribution in [-0.2, 0) is 6.61 Å². The summed E-state index contributed by atoms with van der Waals surface area (Å²) < 4.78 is 5.68. The summed E-state index contributed by atoms with van der Waals surface area (Å²) in [5.41, 5.74) is 4.64. The molecule has 2 aromatic rings. The van der Waals surface area contributed by atoms with Gasteiger partial charge in [0.2, 0.25) is 0 Å². The minimum Gasteiger partial charge on any atom is -0.488 e. The van der Waals surface area contributed by atoms with Gasteiger partial charge in [-0.3, -0.25) is 0 Å². The van der Waals surface area contributed by atoms with Crippen molar-refractivity contribution in [3.63, 3.8) is 0 Å². The van der Waals surface area contributed by atoms with Crippen LogP contribution in [0, 0.1) is 20.8 Å². The lowest BCUT2D eigenvalue weighted by molar-refractivity contribution is 0.0691. The molecule has 0 bridgehead atoms. The van der Waals surface area contributed by atoms with Crippen molar-refractivity contribution in [2.45, 2.75) is 27.4 Å². The summed E-state index contributed by atoms with van der Waals surface area (Å²) in [5, 5.41) is 9.15. The molecule has 0 aliphatic heterocycles. The van der Waals surface area contributed by atoms with E-state index in [1.165, 1.54) is 11.1 Å². The van der Waals surface area contributed by atoms with Crippen molar-refractivity contribution in [3.8, 4) is 5.75 Å². The summed E-state index contributed by atoms with van der Waals surface area (Å²) >= 11 is 0. The number of hydrogen-bond acceptors (Lipinski definition) is 2. The SMILES string of the molecule is Cc1ccc(C(=O)O)c(OCc2ccc(C)c(C)c2)c1. The van der Waals surface area contributed by atoms with Gasteiger partial charge in [-0.25, -0.2) is 4.79 Å². The van der Waals surface area contributed by atoms with E-state index in [1.807, 2.05) is 26.0 Å². The maximum absolute atomic E-state index is 11.2. The molecule has 0 radical (unpaired) electrons. The van der Waals surface area contributed by atoms with Crippen molar-refractivity contribution < 1.29 is 14.6 Å². The number of aryl methyl sites for hydroxylation is 3. The number of hydrogen-bond donors (Lipinski definition) is 1. The molecule has 104 valence electrons. The Morgan fingerprint density at radius 2 is 1.80 bits per heavy atom. The van der Waals surface area contributed by atoms with Crippen LogP contribution in [0.25, 0.3) is 0 Å². The van der Waals surface area contributed by atoms with Crippen LogP contribution in [0.15, 0.2) is 36.4 Å². The number of carboxylic acid groups (broad SMARTS) is 1. The molecule has 3 heteroatoms. The molecule has 0 heterocycles. The zero-order valence-electron chi connectivity index (χ0n) is 11.9. The van der Waals surface area contributed by atoms with Gasteiger partial charge in [-0.05, 0) is 55.2 Å². The van der Waals surface area contributed by atoms with E-state index in [4.69, 9.17) is 9.84 Å². The summed E-state index contributed by atoms with van der Waals surface area (Å²) in [6, 6.07) is 11.2. The van der Waals surface area contributed by atoms with Gasteiger partial charge in [-0.2, -0.15) is 0 Å². The van der Waals surface area contributed by atoms with Gasteiger partial charge in [-0.15, -0.1) is 0 Å². The number of aromatic carboxylic acids is 1. The molecular weight excluding hydrogens is 252 g/mol. The molecule has 3 nitrogen and oxygen atoms in total. The van der Waals surface area contributed by atoms with Gasteiger partial charge in [0.15, 0.2) is 0 Å². The Bertz CT molecular complexity index is 645. The van der Waals surface area contributed by atoms with Crippen LogP contribution in [0.2, 0.25) is 0 Å². The van der Waals surface area contributed by atoms with Gasteiger partial charge in [0, 0.05) is 0 Å². The minimum atomic E-state index is -0.972. The first-order valence-electron chi connectivity index (χ1n) is 6.50. The molecule has 0 unspecified atom stereocenters. The van der Waals surface area contributed by atoms with E-state index < -0.39 is 5.97 Å². The highest BCUT2D eigenvalue weighted by Gasteiger charge is 2.11. The molecule has 2 rings (SSSR count). The molecular formula is C17H18O3. The van der Waals surface area contributed by atoms with Gasteiger partial charge in [0.1, 0.15) is 17.9 Å². The van der Waals surface area contributed by atoms with Crippen LogP contribution in [0.1, 0.15) is 32.6 Å². The summed E-state index contributed by atoms with van der Waals surface area (Å²) in [4.78, 5) is 11.2. The van der Waals surface area contributed by atoms with E-state index in [-0.39, 0.29) is 5.56 Å². The maximum atomic E-state index is 11.2. The third kappa shape index (κ3) is 3.18. The van der Waals surface area contributed by atoms with Crippen molar-refractivity contribution in [1.82, 2.24) is 0 Å². The molecule has 0 spiro atoms. The van der Waals surface area contributed by atoms with Crippen molar-refractivity contribution >= 4 is 5.97 Å². The lowest BCUT2D eigenvalue weighted by atomic mass is 10.1. The van der Waals surface area contributed by atoms with E-state index in [2.05, 4.69) is 13.0 Å². The summed E-state index contributed by atoms with van der Waals surface area (Å²) in [6.45, 7) is 6.39. The third-order valence-corrected chi connectivity index (χ3v) is 3.33. The topological polar surface area (TPSA) is 46.5 Å². The number of ether oxygens (including phenoxy) is 1. The quantitative estimate of drug-likeness (QED) is 0.916. The van der Waals surface area contributed by atoms with Crippen molar-refractivity contribution in [1.29, 1.82) is 0 Å². The Labute approximate surface area is 118 Å². The fourth-order valence-electron chi connectivity index (χ4n) is 1.98. The Morgan fingerprint density at radius 3 is 2.45 bits per heavy atom. The van der Waals surface area contributed by atoms with Gasteiger partial charge in [0.05, 0.1) is 0 Å². The van der Waals surface area contributed by atoms with E-state index in [1.54, 1.807) is 18.2 Å².